The van der Waals surface area contributed by atoms with Gasteiger partial charge in [0, 0.05) is 31.0 Å². The molecule has 3 N–H and O–H groups in total. The first-order valence-corrected chi connectivity index (χ1v) is 8.49. The molecule has 2 aromatic rings. The highest BCUT2D eigenvalue weighted by atomic mass is 16.5. The van der Waals surface area contributed by atoms with Crippen molar-refractivity contribution in [3.63, 3.8) is 0 Å². The Morgan fingerprint density at radius 2 is 1.96 bits per heavy atom. The summed E-state index contributed by atoms with van der Waals surface area (Å²) in [4.78, 5) is 33.6. The van der Waals surface area contributed by atoms with Crippen molar-refractivity contribution in [2.45, 2.75) is 25.3 Å². The van der Waals surface area contributed by atoms with E-state index >= 15 is 0 Å². The summed E-state index contributed by atoms with van der Waals surface area (Å²) in [6, 6.07) is 8.90. The number of rotatable bonds is 6. The second-order valence-electron chi connectivity index (χ2n) is 6.00. The number of aromatic nitrogens is 2. The van der Waals surface area contributed by atoms with Crippen molar-refractivity contribution in [2.24, 2.45) is 5.73 Å². The summed E-state index contributed by atoms with van der Waals surface area (Å²) in [5.74, 6) is 0.509. The smallest absolute Gasteiger partial charge is 0.404 e. The third-order valence-corrected chi connectivity index (χ3v) is 4.22. The molecule has 1 saturated heterocycles. The topological polar surface area (TPSA) is 110 Å². The number of amides is 2. The van der Waals surface area contributed by atoms with Gasteiger partial charge in [-0.05, 0) is 36.6 Å². The summed E-state index contributed by atoms with van der Waals surface area (Å²) in [5.41, 5.74) is 6.64. The average Bonchev–Trinajstić information content (AvgIpc) is 3.13. The third-order valence-electron chi connectivity index (χ3n) is 4.22. The molecule has 0 saturated carbocycles. The van der Waals surface area contributed by atoms with Crippen LogP contribution < -0.4 is 16.0 Å². The Bertz CT molecular complexity index is 751. The molecule has 0 spiro atoms. The molecular formula is C18H21N5O3. The molecule has 1 aromatic carbocycles. The van der Waals surface area contributed by atoms with Gasteiger partial charge in [-0.15, -0.1) is 0 Å². The van der Waals surface area contributed by atoms with E-state index in [4.69, 9.17) is 10.5 Å². The quantitative estimate of drug-likeness (QED) is 0.816. The first kappa shape index (κ1) is 17.7. The Labute approximate surface area is 151 Å². The van der Waals surface area contributed by atoms with Gasteiger partial charge in [0.15, 0.2) is 0 Å². The Hall–Kier alpha value is -3.16. The van der Waals surface area contributed by atoms with E-state index in [-0.39, 0.29) is 18.6 Å². The lowest BCUT2D eigenvalue weighted by Crippen LogP contribution is -2.40. The van der Waals surface area contributed by atoms with Crippen molar-refractivity contribution < 1.29 is 14.3 Å². The van der Waals surface area contributed by atoms with Crippen LogP contribution in [0.5, 0.6) is 0 Å². The SMILES string of the molecule is NC(=O)OCCc1ccc(NC(=O)C2CCCN2c2ncccn2)cc1. The molecule has 1 aliphatic rings. The van der Waals surface area contributed by atoms with Gasteiger partial charge in [0.1, 0.15) is 6.04 Å². The van der Waals surface area contributed by atoms with Crippen molar-refractivity contribution in [3.05, 3.63) is 48.3 Å². The van der Waals surface area contributed by atoms with Gasteiger partial charge in [0.05, 0.1) is 6.61 Å². The van der Waals surface area contributed by atoms with Crippen LogP contribution in [0.2, 0.25) is 0 Å². The monoisotopic (exact) mass is 355 g/mol. The van der Waals surface area contributed by atoms with Crippen LogP contribution in [0.3, 0.4) is 0 Å². The highest BCUT2D eigenvalue weighted by molar-refractivity contribution is 5.97. The van der Waals surface area contributed by atoms with E-state index in [1.165, 1.54) is 0 Å². The summed E-state index contributed by atoms with van der Waals surface area (Å²) >= 11 is 0. The molecule has 1 unspecified atom stereocenters. The van der Waals surface area contributed by atoms with Crippen LogP contribution in [-0.4, -0.2) is 41.2 Å². The number of primary amides is 1. The zero-order valence-corrected chi connectivity index (χ0v) is 14.3. The second-order valence-corrected chi connectivity index (χ2v) is 6.00. The lowest BCUT2D eigenvalue weighted by Gasteiger charge is -2.23. The van der Waals surface area contributed by atoms with Crippen LogP contribution in [0.1, 0.15) is 18.4 Å². The minimum Gasteiger partial charge on any atom is -0.449 e. The van der Waals surface area contributed by atoms with Crippen molar-refractivity contribution in [1.82, 2.24) is 9.97 Å². The molecule has 1 aliphatic heterocycles. The van der Waals surface area contributed by atoms with E-state index in [1.807, 2.05) is 29.2 Å². The van der Waals surface area contributed by atoms with Gasteiger partial charge in [-0.2, -0.15) is 0 Å². The molecule has 0 bridgehead atoms. The van der Waals surface area contributed by atoms with E-state index in [9.17, 15) is 9.59 Å². The Morgan fingerprint density at radius 3 is 2.65 bits per heavy atom. The predicted molar refractivity (Wildman–Crippen MR) is 96.7 cm³/mol. The van der Waals surface area contributed by atoms with Gasteiger partial charge in [-0.1, -0.05) is 12.1 Å². The maximum Gasteiger partial charge on any atom is 0.404 e. The highest BCUT2D eigenvalue weighted by Gasteiger charge is 2.32. The Balaban J connectivity index is 1.58. The van der Waals surface area contributed by atoms with Gasteiger partial charge in [-0.25, -0.2) is 14.8 Å². The predicted octanol–water partition coefficient (Wildman–Crippen LogP) is 1.72. The van der Waals surface area contributed by atoms with Crippen molar-refractivity contribution >= 4 is 23.6 Å². The lowest BCUT2D eigenvalue weighted by molar-refractivity contribution is -0.117. The zero-order chi connectivity index (χ0) is 18.4. The van der Waals surface area contributed by atoms with Crippen LogP contribution in [-0.2, 0) is 16.0 Å². The minimum atomic E-state index is -0.780. The summed E-state index contributed by atoms with van der Waals surface area (Å²) in [7, 11) is 0. The molecular weight excluding hydrogens is 334 g/mol. The van der Waals surface area contributed by atoms with Gasteiger partial charge in [0.25, 0.3) is 0 Å². The van der Waals surface area contributed by atoms with Gasteiger partial charge in [0.2, 0.25) is 11.9 Å². The normalized spacial score (nSPS) is 16.3. The molecule has 8 nitrogen and oxygen atoms in total. The number of hydrogen-bond acceptors (Lipinski definition) is 6. The standard InChI is InChI=1S/C18H21N5O3/c19-17(25)26-12-8-13-4-6-14(7-5-13)22-16(24)15-3-1-11-23(15)18-20-9-2-10-21-18/h2,4-7,9-10,15H,1,3,8,11-12H2,(H2,19,25)(H,22,24). The van der Waals surface area contributed by atoms with Crippen molar-refractivity contribution in [2.75, 3.05) is 23.4 Å². The molecule has 1 fully saturated rings. The Kier molecular flexibility index (Phi) is 5.62. The fourth-order valence-corrected chi connectivity index (χ4v) is 2.97. The van der Waals surface area contributed by atoms with Crippen LogP contribution in [0.25, 0.3) is 0 Å². The number of nitrogens with zero attached hydrogens (tertiary/aromatic N) is 3. The number of nitrogens with two attached hydrogens (primary N) is 1. The van der Waals surface area contributed by atoms with E-state index in [0.29, 0.717) is 12.4 Å². The van der Waals surface area contributed by atoms with Crippen LogP contribution >= 0.6 is 0 Å². The molecule has 8 heteroatoms. The number of ether oxygens (including phenoxy) is 1. The third kappa shape index (κ3) is 4.47. The van der Waals surface area contributed by atoms with Gasteiger partial charge >= 0.3 is 6.09 Å². The zero-order valence-electron chi connectivity index (χ0n) is 14.3. The molecule has 2 amide bonds. The fourth-order valence-electron chi connectivity index (χ4n) is 2.97. The fraction of sp³-hybridized carbons (Fsp3) is 0.333. The van der Waals surface area contributed by atoms with Crippen LogP contribution in [0.15, 0.2) is 42.7 Å². The maximum absolute atomic E-state index is 12.7. The average molecular weight is 355 g/mol. The summed E-state index contributed by atoms with van der Waals surface area (Å²) in [6.07, 6.45) is 4.84. The van der Waals surface area contributed by atoms with Gasteiger partial charge < -0.3 is 20.7 Å². The van der Waals surface area contributed by atoms with Crippen LogP contribution in [0, 0.1) is 0 Å². The summed E-state index contributed by atoms with van der Waals surface area (Å²) < 4.78 is 4.71. The first-order valence-electron chi connectivity index (χ1n) is 8.49. The summed E-state index contributed by atoms with van der Waals surface area (Å²) in [6.45, 7) is 0.996. The molecule has 2 heterocycles. The number of carbonyl (C=O) groups excluding carboxylic acids is 2. The number of carbonyl (C=O) groups is 2. The van der Waals surface area contributed by atoms with E-state index in [1.54, 1.807) is 18.5 Å². The van der Waals surface area contributed by atoms with Crippen LogP contribution in [0.4, 0.5) is 16.4 Å². The first-order chi connectivity index (χ1) is 12.6. The highest BCUT2D eigenvalue weighted by Crippen LogP contribution is 2.23. The van der Waals surface area contributed by atoms with Crippen molar-refractivity contribution in [3.8, 4) is 0 Å². The summed E-state index contributed by atoms with van der Waals surface area (Å²) in [5, 5.41) is 2.94. The van der Waals surface area contributed by atoms with E-state index in [0.717, 1.165) is 30.6 Å². The minimum absolute atomic E-state index is 0.0697. The lowest BCUT2D eigenvalue weighted by atomic mass is 10.1. The molecule has 136 valence electrons. The molecule has 26 heavy (non-hydrogen) atoms. The molecule has 0 radical (unpaired) electrons. The number of hydrogen-bond donors (Lipinski definition) is 2. The molecule has 0 aliphatic carbocycles. The number of anilines is 2. The van der Waals surface area contributed by atoms with Gasteiger partial charge in [-0.3, -0.25) is 4.79 Å². The molecule has 3 rings (SSSR count). The molecule has 1 atom stereocenters. The van der Waals surface area contributed by atoms with E-state index < -0.39 is 6.09 Å². The second kappa shape index (κ2) is 8.28. The number of benzene rings is 1. The number of nitrogens with one attached hydrogen (secondary N) is 1. The largest absolute Gasteiger partial charge is 0.449 e. The van der Waals surface area contributed by atoms with E-state index in [2.05, 4.69) is 15.3 Å². The maximum atomic E-state index is 12.7. The molecule has 1 aromatic heterocycles. The van der Waals surface area contributed by atoms with Crippen molar-refractivity contribution in [1.29, 1.82) is 0 Å². The Morgan fingerprint density at radius 1 is 1.23 bits per heavy atom.